The fraction of sp³-hybridized carbons (Fsp3) is 0.286. The molecule has 0 aliphatic carbocycles. The number of aryl methyl sites for hydroxylation is 1. The molecule has 0 aliphatic rings. The molecule has 0 saturated heterocycles. The Bertz CT molecular complexity index is 499. The molecular formula is C14H15ClN2O. The summed E-state index contributed by atoms with van der Waals surface area (Å²) >= 11 is 5.69. The number of hydrogen-bond donors (Lipinski definition) is 0. The smallest absolute Gasteiger partial charge is 0.130 e. The van der Waals surface area contributed by atoms with Gasteiger partial charge in [0.2, 0.25) is 0 Å². The molecular weight excluding hydrogens is 248 g/mol. The van der Waals surface area contributed by atoms with Crippen molar-refractivity contribution in [3.63, 3.8) is 0 Å². The Balaban J connectivity index is 2.22. The van der Waals surface area contributed by atoms with E-state index in [1.807, 2.05) is 37.3 Å². The van der Waals surface area contributed by atoms with E-state index in [-0.39, 0.29) is 0 Å². The van der Waals surface area contributed by atoms with Crippen LogP contribution >= 0.6 is 11.6 Å². The zero-order valence-electron chi connectivity index (χ0n) is 10.3. The van der Waals surface area contributed by atoms with Crippen molar-refractivity contribution in [2.45, 2.75) is 13.3 Å². The Morgan fingerprint density at radius 3 is 2.61 bits per heavy atom. The lowest BCUT2D eigenvalue weighted by atomic mass is 10.1. The zero-order valence-corrected chi connectivity index (χ0v) is 11.0. The van der Waals surface area contributed by atoms with Crippen LogP contribution in [0.25, 0.3) is 11.3 Å². The molecule has 0 aliphatic heterocycles. The van der Waals surface area contributed by atoms with Crippen LogP contribution in [0.2, 0.25) is 0 Å². The number of halogens is 1. The van der Waals surface area contributed by atoms with Gasteiger partial charge in [-0.15, -0.1) is 11.6 Å². The molecule has 0 saturated carbocycles. The third-order valence-electron chi connectivity index (χ3n) is 2.48. The first-order valence-corrected chi connectivity index (χ1v) is 6.48. The van der Waals surface area contributed by atoms with Crippen molar-refractivity contribution in [3.05, 3.63) is 42.4 Å². The largest absolute Gasteiger partial charge is 0.494 e. The topological polar surface area (TPSA) is 35.0 Å². The van der Waals surface area contributed by atoms with Gasteiger partial charge in [0.15, 0.2) is 0 Å². The number of ether oxygens (including phenoxy) is 1. The first-order valence-electron chi connectivity index (χ1n) is 5.94. The van der Waals surface area contributed by atoms with Gasteiger partial charge in [-0.1, -0.05) is 0 Å². The maximum Gasteiger partial charge on any atom is 0.130 e. The van der Waals surface area contributed by atoms with E-state index in [9.17, 15) is 0 Å². The molecule has 94 valence electrons. The molecule has 0 atom stereocenters. The van der Waals surface area contributed by atoms with Crippen LogP contribution in [0.15, 0.2) is 36.5 Å². The summed E-state index contributed by atoms with van der Waals surface area (Å²) in [4.78, 5) is 8.65. The molecule has 0 amide bonds. The lowest BCUT2D eigenvalue weighted by molar-refractivity contribution is 0.340. The van der Waals surface area contributed by atoms with Crippen molar-refractivity contribution in [1.29, 1.82) is 0 Å². The molecule has 0 unspecified atom stereocenters. The van der Waals surface area contributed by atoms with E-state index >= 15 is 0 Å². The predicted molar refractivity (Wildman–Crippen MR) is 73.1 cm³/mol. The summed E-state index contributed by atoms with van der Waals surface area (Å²) in [5.41, 5.74) is 1.96. The molecule has 2 aromatic rings. The van der Waals surface area contributed by atoms with Crippen molar-refractivity contribution in [2.75, 3.05) is 12.5 Å². The fourth-order valence-corrected chi connectivity index (χ4v) is 1.82. The van der Waals surface area contributed by atoms with Crippen LogP contribution in [0, 0.1) is 0 Å². The molecule has 2 rings (SSSR count). The number of alkyl halides is 1. The molecule has 1 heterocycles. The molecule has 4 heteroatoms. The van der Waals surface area contributed by atoms with Gasteiger partial charge in [-0.25, -0.2) is 9.97 Å². The molecule has 0 radical (unpaired) electrons. The number of rotatable bonds is 5. The molecule has 3 nitrogen and oxygen atoms in total. The third-order valence-corrected chi connectivity index (χ3v) is 2.67. The summed E-state index contributed by atoms with van der Waals surface area (Å²) in [5, 5.41) is 0. The lowest BCUT2D eigenvalue weighted by Crippen LogP contribution is -1.97. The average Bonchev–Trinajstić information content (AvgIpc) is 2.41. The highest BCUT2D eigenvalue weighted by atomic mass is 35.5. The first kappa shape index (κ1) is 12.8. The van der Waals surface area contributed by atoms with E-state index in [1.165, 1.54) is 0 Å². The summed E-state index contributed by atoms with van der Waals surface area (Å²) in [6, 6.07) is 9.79. The van der Waals surface area contributed by atoms with Crippen molar-refractivity contribution < 1.29 is 4.74 Å². The van der Waals surface area contributed by atoms with E-state index in [4.69, 9.17) is 16.3 Å². The van der Waals surface area contributed by atoms with Crippen LogP contribution in [0.1, 0.15) is 12.7 Å². The first-order chi connectivity index (χ1) is 8.83. The van der Waals surface area contributed by atoms with E-state index < -0.39 is 0 Å². The highest BCUT2D eigenvalue weighted by Gasteiger charge is 2.02. The Kier molecular flexibility index (Phi) is 4.53. The predicted octanol–water partition coefficient (Wildman–Crippen LogP) is 3.32. The summed E-state index contributed by atoms with van der Waals surface area (Å²) in [5.74, 6) is 2.18. The summed E-state index contributed by atoms with van der Waals surface area (Å²) < 4.78 is 5.41. The zero-order chi connectivity index (χ0) is 12.8. The average molecular weight is 263 g/mol. The maximum atomic E-state index is 5.69. The highest BCUT2D eigenvalue weighted by Crippen LogP contribution is 2.20. The molecule has 0 fully saturated rings. The van der Waals surface area contributed by atoms with Crippen LogP contribution in [-0.2, 0) is 6.42 Å². The quantitative estimate of drug-likeness (QED) is 0.776. The Morgan fingerprint density at radius 2 is 1.94 bits per heavy atom. The van der Waals surface area contributed by atoms with Crippen molar-refractivity contribution >= 4 is 11.6 Å². The number of benzene rings is 1. The van der Waals surface area contributed by atoms with Crippen LogP contribution < -0.4 is 4.74 Å². The maximum absolute atomic E-state index is 5.69. The Hall–Kier alpha value is -1.61. The van der Waals surface area contributed by atoms with Gasteiger partial charge in [-0.05, 0) is 37.3 Å². The number of hydrogen-bond acceptors (Lipinski definition) is 3. The second kappa shape index (κ2) is 6.36. The molecule has 18 heavy (non-hydrogen) atoms. The van der Waals surface area contributed by atoms with E-state index in [1.54, 1.807) is 6.20 Å². The van der Waals surface area contributed by atoms with Gasteiger partial charge in [-0.3, -0.25) is 0 Å². The fourth-order valence-electron chi connectivity index (χ4n) is 1.65. The van der Waals surface area contributed by atoms with Crippen molar-refractivity contribution in [1.82, 2.24) is 9.97 Å². The van der Waals surface area contributed by atoms with Crippen molar-refractivity contribution in [3.8, 4) is 17.0 Å². The van der Waals surface area contributed by atoms with Gasteiger partial charge in [0, 0.05) is 24.1 Å². The monoisotopic (exact) mass is 262 g/mol. The van der Waals surface area contributed by atoms with E-state index in [2.05, 4.69) is 9.97 Å². The van der Waals surface area contributed by atoms with E-state index in [0.29, 0.717) is 18.9 Å². The third kappa shape index (κ3) is 3.20. The second-order valence-corrected chi connectivity index (χ2v) is 4.13. The molecule has 1 aromatic carbocycles. The van der Waals surface area contributed by atoms with Crippen molar-refractivity contribution in [2.24, 2.45) is 0 Å². The number of aromatic nitrogens is 2. The van der Waals surface area contributed by atoms with Gasteiger partial charge >= 0.3 is 0 Å². The molecule has 1 aromatic heterocycles. The van der Waals surface area contributed by atoms with Gasteiger partial charge in [-0.2, -0.15) is 0 Å². The van der Waals surface area contributed by atoms with Crippen LogP contribution in [0.5, 0.6) is 5.75 Å². The van der Waals surface area contributed by atoms with Crippen LogP contribution in [0.4, 0.5) is 0 Å². The van der Waals surface area contributed by atoms with Gasteiger partial charge < -0.3 is 4.74 Å². The summed E-state index contributed by atoms with van der Waals surface area (Å²) in [6.45, 7) is 2.64. The highest BCUT2D eigenvalue weighted by molar-refractivity contribution is 6.17. The summed E-state index contributed by atoms with van der Waals surface area (Å²) in [7, 11) is 0. The van der Waals surface area contributed by atoms with E-state index in [0.717, 1.165) is 22.8 Å². The van der Waals surface area contributed by atoms with Crippen LogP contribution in [-0.4, -0.2) is 22.5 Å². The minimum atomic E-state index is 0.534. The second-order valence-electron chi connectivity index (χ2n) is 3.75. The lowest BCUT2D eigenvalue weighted by Gasteiger charge is -2.05. The molecule has 0 bridgehead atoms. The molecule has 0 spiro atoms. The normalized spacial score (nSPS) is 10.3. The SMILES string of the molecule is CCOc1ccc(-c2ccnc(CCCl)n2)cc1. The number of nitrogens with zero attached hydrogens (tertiary/aromatic N) is 2. The minimum Gasteiger partial charge on any atom is -0.494 e. The van der Waals surface area contributed by atoms with Gasteiger partial charge in [0.1, 0.15) is 11.6 Å². The van der Waals surface area contributed by atoms with Gasteiger partial charge in [0.05, 0.1) is 12.3 Å². The Morgan fingerprint density at radius 1 is 1.17 bits per heavy atom. The molecule has 0 N–H and O–H groups in total. The van der Waals surface area contributed by atoms with Gasteiger partial charge in [0.25, 0.3) is 0 Å². The standard InChI is InChI=1S/C14H15ClN2O/c1-2-18-12-5-3-11(4-6-12)13-8-10-16-14(17-13)7-9-15/h3-6,8,10H,2,7,9H2,1H3. The summed E-state index contributed by atoms with van der Waals surface area (Å²) in [6.07, 6.45) is 2.45. The Labute approximate surface area is 112 Å². The van der Waals surface area contributed by atoms with Crippen LogP contribution in [0.3, 0.4) is 0 Å². The minimum absolute atomic E-state index is 0.534.